The first-order valence-corrected chi connectivity index (χ1v) is 12.5. The average molecular weight is 538 g/mol. The van der Waals surface area contributed by atoms with Crippen LogP contribution in [0.25, 0.3) is 0 Å². The molecule has 2 saturated heterocycles. The summed E-state index contributed by atoms with van der Waals surface area (Å²) in [5, 5.41) is 7.05. The van der Waals surface area contributed by atoms with Crippen molar-refractivity contribution in [2.45, 2.75) is 70.4 Å². The minimum absolute atomic E-state index is 0. The molecule has 1 saturated carbocycles. The van der Waals surface area contributed by atoms with E-state index in [1.807, 2.05) is 11.8 Å². The minimum Gasteiger partial charge on any atom is -0.357 e. The number of rotatable bonds is 6. The van der Waals surface area contributed by atoms with Crippen LogP contribution in [0.4, 0.5) is 0 Å². The molecule has 1 atom stereocenters. The average Bonchev–Trinajstić information content (AvgIpc) is 3.21. The first kappa shape index (κ1) is 25.0. The lowest BCUT2D eigenvalue weighted by Crippen LogP contribution is -2.56. The molecule has 2 heterocycles. The van der Waals surface area contributed by atoms with Crippen molar-refractivity contribution in [2.24, 2.45) is 4.99 Å². The molecule has 3 aliphatic rings. The van der Waals surface area contributed by atoms with Crippen LogP contribution in [0.1, 0.15) is 58.8 Å². The highest BCUT2D eigenvalue weighted by Crippen LogP contribution is 2.35. The van der Waals surface area contributed by atoms with Crippen LogP contribution in [0, 0.1) is 0 Å². The molecular formula is C21H40IN5OS. The molecule has 2 aliphatic heterocycles. The number of nitrogens with zero attached hydrogens (tertiary/aromatic N) is 3. The molecule has 2 N–H and O–H groups in total. The fourth-order valence-corrected chi connectivity index (χ4v) is 5.79. The Hall–Kier alpha value is -0.220. The van der Waals surface area contributed by atoms with Crippen molar-refractivity contribution in [3.63, 3.8) is 0 Å². The van der Waals surface area contributed by atoms with Gasteiger partial charge in [-0.2, -0.15) is 11.8 Å². The van der Waals surface area contributed by atoms with Crippen molar-refractivity contribution >= 4 is 47.6 Å². The highest BCUT2D eigenvalue weighted by Gasteiger charge is 2.38. The third-order valence-electron chi connectivity index (χ3n) is 6.53. The third-order valence-corrected chi connectivity index (χ3v) is 7.47. The van der Waals surface area contributed by atoms with Gasteiger partial charge < -0.3 is 15.5 Å². The van der Waals surface area contributed by atoms with Gasteiger partial charge in [0, 0.05) is 62.2 Å². The summed E-state index contributed by atoms with van der Waals surface area (Å²) >= 11 is 2.09. The van der Waals surface area contributed by atoms with Crippen molar-refractivity contribution in [1.82, 2.24) is 20.4 Å². The summed E-state index contributed by atoms with van der Waals surface area (Å²) < 4.78 is 0. The maximum absolute atomic E-state index is 12.0. The molecule has 0 radical (unpaired) electrons. The molecule has 1 aliphatic carbocycles. The Morgan fingerprint density at radius 2 is 1.86 bits per heavy atom. The number of likely N-dealkylation sites (tertiary alicyclic amines) is 1. The monoisotopic (exact) mass is 537 g/mol. The summed E-state index contributed by atoms with van der Waals surface area (Å²) in [7, 11) is 0. The third kappa shape index (κ3) is 6.89. The first-order valence-electron chi connectivity index (χ1n) is 11.3. The van der Waals surface area contributed by atoms with Crippen molar-refractivity contribution in [3.8, 4) is 0 Å². The molecule has 0 aromatic heterocycles. The fourth-order valence-electron chi connectivity index (χ4n) is 4.89. The predicted molar refractivity (Wildman–Crippen MR) is 135 cm³/mol. The number of halogens is 1. The zero-order valence-electron chi connectivity index (χ0n) is 18.3. The lowest BCUT2D eigenvalue weighted by Gasteiger charge is -2.47. The fraction of sp³-hybridized carbons (Fsp3) is 0.905. The summed E-state index contributed by atoms with van der Waals surface area (Å²) in [5.74, 6) is 3.70. The number of hydrogen-bond acceptors (Lipinski definition) is 4. The number of guanidine groups is 1. The van der Waals surface area contributed by atoms with Gasteiger partial charge in [-0.25, -0.2) is 0 Å². The zero-order valence-corrected chi connectivity index (χ0v) is 21.4. The van der Waals surface area contributed by atoms with Crippen LogP contribution in [0.3, 0.4) is 0 Å². The Bertz CT molecular complexity index is 535. The van der Waals surface area contributed by atoms with E-state index in [0.29, 0.717) is 12.5 Å². The number of nitrogens with one attached hydrogen (secondary N) is 2. The lowest BCUT2D eigenvalue weighted by molar-refractivity contribution is -0.129. The van der Waals surface area contributed by atoms with Gasteiger partial charge in [-0.1, -0.05) is 26.2 Å². The predicted octanol–water partition coefficient (Wildman–Crippen LogP) is 2.92. The molecule has 168 valence electrons. The van der Waals surface area contributed by atoms with Gasteiger partial charge in [0.2, 0.25) is 5.91 Å². The smallest absolute Gasteiger partial charge is 0.222 e. The summed E-state index contributed by atoms with van der Waals surface area (Å²) in [6, 6.07) is 0.307. The standard InChI is InChI=1S/C21H39N5OS.HI/c1-3-19(27)25-11-8-18(16-25)24-20(22-4-2)23-17-21(9-6-5-7-10-21)26-12-14-28-15-13-26;/h18H,3-17H2,1-2H3,(H2,22,23,24);1H. The van der Waals surface area contributed by atoms with Crippen LogP contribution in [0.2, 0.25) is 0 Å². The second-order valence-electron chi connectivity index (χ2n) is 8.40. The Labute approximate surface area is 198 Å². The molecular weight excluding hydrogens is 497 g/mol. The van der Waals surface area contributed by atoms with Gasteiger partial charge >= 0.3 is 0 Å². The highest BCUT2D eigenvalue weighted by atomic mass is 127. The highest BCUT2D eigenvalue weighted by molar-refractivity contribution is 14.0. The van der Waals surface area contributed by atoms with Gasteiger partial charge in [-0.05, 0) is 26.2 Å². The quantitative estimate of drug-likeness (QED) is 0.310. The molecule has 3 rings (SSSR count). The second kappa shape index (κ2) is 12.6. The summed E-state index contributed by atoms with van der Waals surface area (Å²) in [4.78, 5) is 21.8. The molecule has 29 heavy (non-hydrogen) atoms. The summed E-state index contributed by atoms with van der Waals surface area (Å²) in [5.41, 5.74) is 0.251. The van der Waals surface area contributed by atoms with Crippen LogP contribution in [0.5, 0.6) is 0 Å². The largest absolute Gasteiger partial charge is 0.357 e. The molecule has 0 aromatic rings. The van der Waals surface area contributed by atoms with E-state index in [4.69, 9.17) is 4.99 Å². The molecule has 1 unspecified atom stereocenters. The van der Waals surface area contributed by atoms with E-state index in [-0.39, 0.29) is 35.4 Å². The molecule has 0 spiro atoms. The SMILES string of the molecule is CCNC(=NCC1(N2CCSCC2)CCCCC1)NC1CCN(C(=O)CC)C1.I. The maximum Gasteiger partial charge on any atom is 0.222 e. The molecule has 3 fully saturated rings. The van der Waals surface area contributed by atoms with E-state index >= 15 is 0 Å². The van der Waals surface area contributed by atoms with Crippen LogP contribution >= 0.6 is 35.7 Å². The van der Waals surface area contributed by atoms with Crippen molar-refractivity contribution < 1.29 is 4.79 Å². The zero-order chi connectivity index (χ0) is 19.8. The normalized spacial score (nSPS) is 25.4. The van der Waals surface area contributed by atoms with Crippen LogP contribution in [-0.4, -0.2) is 84.0 Å². The van der Waals surface area contributed by atoms with Gasteiger partial charge in [0.1, 0.15) is 0 Å². The number of hydrogen-bond donors (Lipinski definition) is 2. The number of aliphatic imine (C=N–C) groups is 1. The van der Waals surface area contributed by atoms with Gasteiger partial charge in [0.15, 0.2) is 5.96 Å². The molecule has 0 bridgehead atoms. The molecule has 6 nitrogen and oxygen atoms in total. The maximum atomic E-state index is 12.0. The number of carbonyl (C=O) groups excluding carboxylic acids is 1. The lowest BCUT2D eigenvalue weighted by atomic mass is 9.80. The van der Waals surface area contributed by atoms with Crippen molar-refractivity contribution in [2.75, 3.05) is 50.8 Å². The Morgan fingerprint density at radius 1 is 1.14 bits per heavy atom. The van der Waals surface area contributed by atoms with E-state index in [0.717, 1.165) is 38.6 Å². The Kier molecular flexibility index (Phi) is 10.9. The van der Waals surface area contributed by atoms with Crippen molar-refractivity contribution in [3.05, 3.63) is 0 Å². The van der Waals surface area contributed by atoms with E-state index in [1.54, 1.807) is 0 Å². The summed E-state index contributed by atoms with van der Waals surface area (Å²) in [6.45, 7) is 9.89. The Morgan fingerprint density at radius 3 is 2.52 bits per heavy atom. The van der Waals surface area contributed by atoms with Crippen LogP contribution in [0.15, 0.2) is 4.99 Å². The molecule has 1 amide bonds. The van der Waals surface area contributed by atoms with Crippen LogP contribution < -0.4 is 10.6 Å². The Balaban J connectivity index is 0.00000300. The van der Waals surface area contributed by atoms with Gasteiger partial charge in [0.25, 0.3) is 0 Å². The van der Waals surface area contributed by atoms with Crippen molar-refractivity contribution in [1.29, 1.82) is 0 Å². The molecule has 8 heteroatoms. The number of amides is 1. The second-order valence-corrected chi connectivity index (χ2v) is 9.63. The minimum atomic E-state index is 0. The van der Waals surface area contributed by atoms with E-state index in [9.17, 15) is 4.79 Å². The van der Waals surface area contributed by atoms with Gasteiger partial charge in [-0.15, -0.1) is 24.0 Å². The number of thioether (sulfide) groups is 1. The van der Waals surface area contributed by atoms with E-state index in [2.05, 4.69) is 34.2 Å². The van der Waals surface area contributed by atoms with Crippen LogP contribution in [-0.2, 0) is 4.79 Å². The van der Waals surface area contributed by atoms with E-state index in [1.165, 1.54) is 56.7 Å². The van der Waals surface area contributed by atoms with E-state index < -0.39 is 0 Å². The van der Waals surface area contributed by atoms with Gasteiger partial charge in [0.05, 0.1) is 6.54 Å². The van der Waals surface area contributed by atoms with Gasteiger partial charge in [-0.3, -0.25) is 14.7 Å². The topological polar surface area (TPSA) is 60.0 Å². The first-order chi connectivity index (χ1) is 13.7. The molecule has 0 aromatic carbocycles. The summed E-state index contributed by atoms with van der Waals surface area (Å²) in [6.07, 6.45) is 8.20. The number of carbonyl (C=O) groups is 1.